The van der Waals surface area contributed by atoms with Crippen LogP contribution >= 0.6 is 0 Å². The molecule has 6 heteroatoms. The van der Waals surface area contributed by atoms with Gasteiger partial charge in [-0.3, -0.25) is 14.4 Å². The lowest BCUT2D eigenvalue weighted by atomic mass is 9.71. The number of esters is 1. The standard InChI is InChI=1S/C21H32N2O4/c1-5-13-23-17-9-7-6-8-11-21(17,20(26)27-4)16(19(23)25)14-18(24)22-12-10-15(2)3/h5,9,15-16H,1,6-8,10-14H2,2-4H3,(H,22,24)/t16-,21-/m1/s1. The van der Waals surface area contributed by atoms with Gasteiger partial charge in [-0.1, -0.05) is 32.4 Å². The van der Waals surface area contributed by atoms with Crippen molar-refractivity contribution in [2.45, 2.75) is 52.4 Å². The van der Waals surface area contributed by atoms with Crippen molar-refractivity contribution in [3.05, 3.63) is 24.4 Å². The van der Waals surface area contributed by atoms with Gasteiger partial charge in [-0.2, -0.15) is 0 Å². The Labute approximate surface area is 162 Å². The molecule has 1 heterocycles. The van der Waals surface area contributed by atoms with Crippen LogP contribution in [0.4, 0.5) is 0 Å². The first-order chi connectivity index (χ1) is 12.9. The normalized spacial score (nSPS) is 24.9. The molecule has 1 fully saturated rings. The zero-order valence-electron chi connectivity index (χ0n) is 16.8. The van der Waals surface area contributed by atoms with Crippen molar-refractivity contribution in [2.24, 2.45) is 17.3 Å². The highest BCUT2D eigenvalue weighted by molar-refractivity contribution is 5.98. The first-order valence-electron chi connectivity index (χ1n) is 9.86. The van der Waals surface area contributed by atoms with Crippen LogP contribution in [-0.4, -0.2) is 42.9 Å². The molecule has 27 heavy (non-hydrogen) atoms. The van der Waals surface area contributed by atoms with E-state index in [1.54, 1.807) is 11.0 Å². The molecule has 0 spiro atoms. The predicted molar refractivity (Wildman–Crippen MR) is 103 cm³/mol. The third-order valence-electron chi connectivity index (χ3n) is 5.56. The third-order valence-corrected chi connectivity index (χ3v) is 5.56. The van der Waals surface area contributed by atoms with Crippen LogP contribution in [0.2, 0.25) is 0 Å². The third kappa shape index (κ3) is 4.25. The first-order valence-corrected chi connectivity index (χ1v) is 9.86. The Kier molecular flexibility index (Phi) is 7.22. The summed E-state index contributed by atoms with van der Waals surface area (Å²) < 4.78 is 5.13. The van der Waals surface area contributed by atoms with Crippen LogP contribution < -0.4 is 5.32 Å². The number of likely N-dealkylation sites (tertiary alicyclic amines) is 1. The molecule has 2 amide bonds. The number of nitrogens with zero attached hydrogens (tertiary/aromatic N) is 1. The summed E-state index contributed by atoms with van der Waals surface area (Å²) in [5, 5.41) is 2.89. The van der Waals surface area contributed by atoms with Crippen LogP contribution in [0.1, 0.15) is 52.4 Å². The van der Waals surface area contributed by atoms with Gasteiger partial charge < -0.3 is 15.0 Å². The van der Waals surface area contributed by atoms with Crippen molar-refractivity contribution >= 4 is 17.8 Å². The first kappa shape index (κ1) is 21.2. The monoisotopic (exact) mass is 376 g/mol. The number of rotatable bonds is 8. The number of nitrogens with one attached hydrogen (secondary N) is 1. The van der Waals surface area contributed by atoms with E-state index < -0.39 is 17.3 Å². The lowest BCUT2D eigenvalue weighted by Gasteiger charge is -2.31. The molecule has 0 bridgehead atoms. The number of amides is 2. The largest absolute Gasteiger partial charge is 0.468 e. The molecular formula is C21H32N2O4. The maximum Gasteiger partial charge on any atom is 0.318 e. The van der Waals surface area contributed by atoms with E-state index in [2.05, 4.69) is 25.7 Å². The van der Waals surface area contributed by atoms with Gasteiger partial charge in [0, 0.05) is 25.2 Å². The van der Waals surface area contributed by atoms with Crippen molar-refractivity contribution in [1.29, 1.82) is 0 Å². The smallest absolute Gasteiger partial charge is 0.318 e. The van der Waals surface area contributed by atoms with Crippen LogP contribution in [0.3, 0.4) is 0 Å². The molecule has 2 rings (SSSR count). The number of ether oxygens (including phenoxy) is 1. The summed E-state index contributed by atoms with van der Waals surface area (Å²) in [5.74, 6) is -1.04. The van der Waals surface area contributed by atoms with Crippen molar-refractivity contribution in [3.8, 4) is 0 Å². The molecular weight excluding hydrogens is 344 g/mol. The molecule has 2 aliphatic rings. The van der Waals surface area contributed by atoms with Crippen molar-refractivity contribution in [1.82, 2.24) is 10.2 Å². The Hall–Kier alpha value is -2.11. The van der Waals surface area contributed by atoms with E-state index in [0.717, 1.165) is 25.7 Å². The second-order valence-electron chi connectivity index (χ2n) is 7.82. The summed E-state index contributed by atoms with van der Waals surface area (Å²) in [7, 11) is 1.35. The minimum atomic E-state index is -1.07. The minimum absolute atomic E-state index is 0.00296. The number of methoxy groups -OCH3 is 1. The highest BCUT2D eigenvalue weighted by Gasteiger charge is 2.61. The van der Waals surface area contributed by atoms with E-state index in [0.29, 0.717) is 31.1 Å². The summed E-state index contributed by atoms with van der Waals surface area (Å²) in [6.07, 6.45) is 7.59. The second-order valence-corrected chi connectivity index (χ2v) is 7.82. The van der Waals surface area contributed by atoms with E-state index in [9.17, 15) is 14.4 Å². The SMILES string of the molecule is C=CCN1C(=O)[C@@H](CC(=O)NCCC(C)C)[C@]2(C(=O)OC)CCCCC=C12. The molecule has 0 saturated carbocycles. The number of fused-ring (bicyclic) bond motifs is 1. The summed E-state index contributed by atoms with van der Waals surface area (Å²) in [6, 6.07) is 0. The van der Waals surface area contributed by atoms with Crippen LogP contribution in [0.15, 0.2) is 24.4 Å². The maximum atomic E-state index is 13.2. The molecule has 2 atom stereocenters. The van der Waals surface area contributed by atoms with Gasteiger partial charge in [0.2, 0.25) is 11.8 Å². The molecule has 1 saturated heterocycles. The zero-order chi connectivity index (χ0) is 20.0. The van der Waals surface area contributed by atoms with E-state index in [1.807, 2.05) is 6.08 Å². The lowest BCUT2D eigenvalue weighted by Crippen LogP contribution is -2.41. The molecule has 0 radical (unpaired) electrons. The maximum absolute atomic E-state index is 13.2. The van der Waals surface area contributed by atoms with Gasteiger partial charge >= 0.3 is 5.97 Å². The molecule has 1 N–H and O–H groups in total. The van der Waals surface area contributed by atoms with Crippen LogP contribution in [0.25, 0.3) is 0 Å². The number of carbonyl (C=O) groups excluding carboxylic acids is 3. The second kappa shape index (κ2) is 9.20. The summed E-state index contributed by atoms with van der Waals surface area (Å²) >= 11 is 0. The van der Waals surface area contributed by atoms with E-state index >= 15 is 0 Å². The fourth-order valence-corrected chi connectivity index (χ4v) is 4.19. The van der Waals surface area contributed by atoms with Crippen molar-refractivity contribution in [3.63, 3.8) is 0 Å². The predicted octanol–water partition coefficient (Wildman–Crippen LogP) is 2.80. The average Bonchev–Trinajstić information content (AvgIpc) is 2.78. The topological polar surface area (TPSA) is 75.7 Å². The molecule has 0 aromatic carbocycles. The Morgan fingerprint density at radius 3 is 2.81 bits per heavy atom. The average molecular weight is 376 g/mol. The molecule has 0 aromatic heterocycles. The number of hydrogen-bond donors (Lipinski definition) is 1. The van der Waals surface area contributed by atoms with Gasteiger partial charge in [-0.25, -0.2) is 0 Å². The highest BCUT2D eigenvalue weighted by atomic mass is 16.5. The van der Waals surface area contributed by atoms with Crippen molar-refractivity contribution in [2.75, 3.05) is 20.2 Å². The lowest BCUT2D eigenvalue weighted by molar-refractivity contribution is -0.155. The van der Waals surface area contributed by atoms with E-state index in [-0.39, 0.29) is 18.2 Å². The number of carbonyl (C=O) groups is 3. The molecule has 150 valence electrons. The number of hydrogen-bond acceptors (Lipinski definition) is 4. The molecule has 6 nitrogen and oxygen atoms in total. The highest BCUT2D eigenvalue weighted by Crippen LogP contribution is 2.52. The minimum Gasteiger partial charge on any atom is -0.468 e. The number of allylic oxidation sites excluding steroid dienone is 1. The Morgan fingerprint density at radius 2 is 2.19 bits per heavy atom. The molecule has 1 aliphatic carbocycles. The fourth-order valence-electron chi connectivity index (χ4n) is 4.19. The molecule has 0 aromatic rings. The van der Waals surface area contributed by atoms with Crippen molar-refractivity contribution < 1.29 is 19.1 Å². The molecule has 1 aliphatic heterocycles. The van der Waals surface area contributed by atoms with Gasteiger partial charge in [0.1, 0.15) is 5.41 Å². The van der Waals surface area contributed by atoms with Crippen LogP contribution in [-0.2, 0) is 19.1 Å². The summed E-state index contributed by atoms with van der Waals surface area (Å²) in [4.78, 5) is 40.2. The Morgan fingerprint density at radius 1 is 1.44 bits per heavy atom. The van der Waals surface area contributed by atoms with Gasteiger partial charge in [-0.05, 0) is 31.6 Å². The zero-order valence-corrected chi connectivity index (χ0v) is 16.8. The van der Waals surface area contributed by atoms with Gasteiger partial charge in [0.05, 0.1) is 13.0 Å². The van der Waals surface area contributed by atoms with E-state index in [1.165, 1.54) is 7.11 Å². The van der Waals surface area contributed by atoms with Crippen LogP contribution in [0, 0.1) is 17.3 Å². The fraction of sp³-hybridized carbons (Fsp3) is 0.667. The van der Waals surface area contributed by atoms with Gasteiger partial charge in [0.15, 0.2) is 0 Å². The van der Waals surface area contributed by atoms with Gasteiger partial charge in [0.25, 0.3) is 0 Å². The van der Waals surface area contributed by atoms with Gasteiger partial charge in [-0.15, -0.1) is 6.58 Å². The Balaban J connectivity index is 2.33. The van der Waals surface area contributed by atoms with E-state index in [4.69, 9.17) is 4.74 Å². The summed E-state index contributed by atoms with van der Waals surface area (Å²) in [5.41, 5.74) is -0.377. The van der Waals surface area contributed by atoms with Crippen LogP contribution in [0.5, 0.6) is 0 Å². The quantitative estimate of drug-likeness (QED) is 0.522. The summed E-state index contributed by atoms with van der Waals surface area (Å²) in [6.45, 7) is 8.82. The Bertz CT molecular complexity index is 626. The molecule has 0 unspecified atom stereocenters.